The van der Waals surface area contributed by atoms with Gasteiger partial charge >= 0.3 is 5.97 Å². The van der Waals surface area contributed by atoms with Gasteiger partial charge in [-0.3, -0.25) is 9.69 Å². The molecule has 26 heavy (non-hydrogen) atoms. The van der Waals surface area contributed by atoms with Gasteiger partial charge in [0, 0.05) is 24.8 Å². The van der Waals surface area contributed by atoms with Gasteiger partial charge in [0.05, 0.1) is 12.2 Å². The van der Waals surface area contributed by atoms with Crippen molar-refractivity contribution in [2.24, 2.45) is 11.3 Å². The maximum atomic E-state index is 12.6. The van der Waals surface area contributed by atoms with Gasteiger partial charge in [-0.2, -0.15) is 0 Å². The van der Waals surface area contributed by atoms with Crippen molar-refractivity contribution < 1.29 is 18.7 Å². The van der Waals surface area contributed by atoms with Crippen molar-refractivity contribution in [2.45, 2.75) is 64.8 Å². The molecule has 1 aromatic heterocycles. The number of carbonyl (C=O) groups is 2. The first-order valence-corrected chi connectivity index (χ1v) is 9.99. The van der Waals surface area contributed by atoms with Gasteiger partial charge in [-0.1, -0.05) is 20.3 Å². The summed E-state index contributed by atoms with van der Waals surface area (Å²) in [5.74, 6) is 0.628. The van der Waals surface area contributed by atoms with E-state index in [-0.39, 0.29) is 11.2 Å². The van der Waals surface area contributed by atoms with Crippen LogP contribution in [0.5, 0.6) is 0 Å². The molecule has 0 aromatic carbocycles. The number of rotatable bonds is 3. The van der Waals surface area contributed by atoms with Crippen LogP contribution in [0, 0.1) is 11.3 Å². The highest BCUT2D eigenvalue weighted by molar-refractivity contribution is 6.07. The third-order valence-electron chi connectivity index (χ3n) is 6.30. The van der Waals surface area contributed by atoms with E-state index < -0.39 is 5.97 Å². The lowest BCUT2D eigenvalue weighted by Crippen LogP contribution is -2.49. The number of ketones is 1. The molecule has 142 valence electrons. The summed E-state index contributed by atoms with van der Waals surface area (Å²) in [5.41, 5.74) is 0.657. The van der Waals surface area contributed by atoms with Gasteiger partial charge in [-0.25, -0.2) is 4.79 Å². The number of esters is 1. The molecule has 2 unspecified atom stereocenters. The Kier molecular flexibility index (Phi) is 4.68. The van der Waals surface area contributed by atoms with E-state index in [1.54, 1.807) is 0 Å². The number of hydrogen-bond donors (Lipinski definition) is 0. The number of nitrogens with zero attached hydrogens (tertiary/aromatic N) is 1. The SMILES string of the molecule is CC1(C)CC(=O)c2c(C(=O)OCC3CCCN4CCCCC34)coc2C1. The summed E-state index contributed by atoms with van der Waals surface area (Å²) < 4.78 is 11.2. The maximum Gasteiger partial charge on any atom is 0.342 e. The molecule has 4 rings (SSSR count). The molecule has 0 radical (unpaired) electrons. The first kappa shape index (κ1) is 17.8. The fourth-order valence-electron chi connectivity index (χ4n) is 5.04. The third kappa shape index (κ3) is 3.34. The predicted octanol–water partition coefficient (Wildman–Crippen LogP) is 3.86. The fraction of sp³-hybridized carbons (Fsp3) is 0.714. The smallest absolute Gasteiger partial charge is 0.342 e. The zero-order chi connectivity index (χ0) is 18.3. The first-order valence-electron chi connectivity index (χ1n) is 9.99. The van der Waals surface area contributed by atoms with Crippen LogP contribution in [0.3, 0.4) is 0 Å². The van der Waals surface area contributed by atoms with Gasteiger partial charge in [-0.05, 0) is 44.2 Å². The van der Waals surface area contributed by atoms with E-state index in [2.05, 4.69) is 4.90 Å². The monoisotopic (exact) mass is 359 g/mol. The number of fused-ring (bicyclic) bond motifs is 2. The van der Waals surface area contributed by atoms with Gasteiger partial charge in [0.2, 0.25) is 0 Å². The molecule has 1 aliphatic carbocycles. The molecular formula is C21H29NO4. The summed E-state index contributed by atoms with van der Waals surface area (Å²) in [6.07, 6.45) is 8.59. The molecule has 5 heteroatoms. The zero-order valence-corrected chi connectivity index (χ0v) is 15.9. The highest BCUT2D eigenvalue weighted by Gasteiger charge is 2.38. The summed E-state index contributed by atoms with van der Waals surface area (Å²) >= 11 is 0. The summed E-state index contributed by atoms with van der Waals surface area (Å²) in [5, 5.41) is 0. The lowest BCUT2D eigenvalue weighted by atomic mass is 9.76. The second-order valence-corrected chi connectivity index (χ2v) is 8.99. The summed E-state index contributed by atoms with van der Waals surface area (Å²) in [6, 6.07) is 0.547. The molecule has 0 bridgehead atoms. The van der Waals surface area contributed by atoms with Crippen LogP contribution < -0.4 is 0 Å². The summed E-state index contributed by atoms with van der Waals surface area (Å²) in [7, 11) is 0. The van der Waals surface area contributed by atoms with Crippen molar-refractivity contribution >= 4 is 11.8 Å². The van der Waals surface area contributed by atoms with Crippen LogP contribution in [0.15, 0.2) is 10.7 Å². The van der Waals surface area contributed by atoms with E-state index in [9.17, 15) is 9.59 Å². The van der Waals surface area contributed by atoms with Gasteiger partial charge in [0.25, 0.3) is 0 Å². The third-order valence-corrected chi connectivity index (χ3v) is 6.30. The molecule has 1 aromatic rings. The number of carbonyl (C=O) groups excluding carboxylic acids is 2. The van der Waals surface area contributed by atoms with Crippen molar-refractivity contribution in [3.8, 4) is 0 Å². The van der Waals surface area contributed by atoms with Gasteiger partial charge in [0.15, 0.2) is 5.78 Å². The Labute approximate surface area is 155 Å². The lowest BCUT2D eigenvalue weighted by Gasteiger charge is -2.44. The van der Waals surface area contributed by atoms with E-state index >= 15 is 0 Å². The van der Waals surface area contributed by atoms with E-state index in [4.69, 9.17) is 9.15 Å². The molecular weight excluding hydrogens is 330 g/mol. The molecule has 3 heterocycles. The predicted molar refractivity (Wildman–Crippen MR) is 97.4 cm³/mol. The summed E-state index contributed by atoms with van der Waals surface area (Å²) in [6.45, 7) is 6.89. The molecule has 0 saturated carbocycles. The van der Waals surface area contributed by atoms with Crippen molar-refractivity contribution in [1.29, 1.82) is 0 Å². The Morgan fingerprint density at radius 2 is 2.04 bits per heavy atom. The lowest BCUT2D eigenvalue weighted by molar-refractivity contribution is 0.00725. The fourth-order valence-corrected chi connectivity index (χ4v) is 5.04. The van der Waals surface area contributed by atoms with E-state index in [0.29, 0.717) is 48.3 Å². The molecule has 2 aliphatic heterocycles. The van der Waals surface area contributed by atoms with E-state index in [1.165, 1.54) is 45.0 Å². The van der Waals surface area contributed by atoms with Gasteiger partial charge in [-0.15, -0.1) is 0 Å². The van der Waals surface area contributed by atoms with Gasteiger partial charge < -0.3 is 9.15 Å². The standard InChI is InChI=1S/C21H29NO4/c1-21(2)10-17(23)19-15(13-25-18(19)11-21)20(24)26-12-14-6-5-9-22-8-4-3-7-16(14)22/h13-14,16H,3-12H2,1-2H3. The number of furan rings is 1. The molecule has 2 saturated heterocycles. The Hall–Kier alpha value is -1.62. The average Bonchev–Trinajstić information content (AvgIpc) is 3.02. The number of piperidine rings is 2. The minimum Gasteiger partial charge on any atom is -0.468 e. The second kappa shape index (κ2) is 6.84. The molecule has 2 fully saturated rings. The van der Waals surface area contributed by atoms with Gasteiger partial charge in [0.1, 0.15) is 17.6 Å². The molecule has 5 nitrogen and oxygen atoms in total. The Bertz CT molecular complexity index is 703. The van der Waals surface area contributed by atoms with Crippen LogP contribution in [0.1, 0.15) is 78.8 Å². The summed E-state index contributed by atoms with van der Waals surface area (Å²) in [4.78, 5) is 27.7. The number of hydrogen-bond acceptors (Lipinski definition) is 5. The molecule has 2 atom stereocenters. The largest absolute Gasteiger partial charge is 0.468 e. The van der Waals surface area contributed by atoms with Crippen LogP contribution in [0.2, 0.25) is 0 Å². The average molecular weight is 359 g/mol. The van der Waals surface area contributed by atoms with Crippen LogP contribution in [0.4, 0.5) is 0 Å². The van der Waals surface area contributed by atoms with Crippen LogP contribution in [-0.2, 0) is 11.2 Å². The highest BCUT2D eigenvalue weighted by atomic mass is 16.5. The van der Waals surface area contributed by atoms with Crippen molar-refractivity contribution in [3.63, 3.8) is 0 Å². The minimum absolute atomic E-state index is 0.00641. The van der Waals surface area contributed by atoms with Crippen LogP contribution >= 0.6 is 0 Å². The number of Topliss-reactive ketones (excluding diaryl/α,β-unsaturated/α-hetero) is 1. The topological polar surface area (TPSA) is 59.8 Å². The highest BCUT2D eigenvalue weighted by Crippen LogP contribution is 2.37. The van der Waals surface area contributed by atoms with Crippen LogP contribution in [-0.4, -0.2) is 42.4 Å². The van der Waals surface area contributed by atoms with Crippen molar-refractivity contribution in [1.82, 2.24) is 4.90 Å². The van der Waals surface area contributed by atoms with Crippen molar-refractivity contribution in [2.75, 3.05) is 19.7 Å². The Balaban J connectivity index is 1.43. The van der Waals surface area contributed by atoms with E-state index in [1.807, 2.05) is 13.8 Å². The Morgan fingerprint density at radius 3 is 2.88 bits per heavy atom. The molecule has 0 N–H and O–H groups in total. The van der Waals surface area contributed by atoms with Crippen molar-refractivity contribution in [3.05, 3.63) is 23.2 Å². The quantitative estimate of drug-likeness (QED) is 0.767. The van der Waals surface area contributed by atoms with Crippen LogP contribution in [0.25, 0.3) is 0 Å². The first-order chi connectivity index (χ1) is 12.4. The minimum atomic E-state index is -0.406. The normalized spacial score (nSPS) is 28.3. The second-order valence-electron chi connectivity index (χ2n) is 8.99. The molecule has 0 spiro atoms. The zero-order valence-electron chi connectivity index (χ0n) is 15.9. The Morgan fingerprint density at radius 1 is 1.23 bits per heavy atom. The maximum absolute atomic E-state index is 12.6. The number of ether oxygens (including phenoxy) is 1. The van der Waals surface area contributed by atoms with E-state index in [0.717, 1.165) is 6.42 Å². The molecule has 0 amide bonds. The molecule has 3 aliphatic rings.